The second kappa shape index (κ2) is 6.68. The monoisotopic (exact) mass is 371 g/mol. The van der Waals surface area contributed by atoms with Crippen LogP contribution >= 0.6 is 11.8 Å². The molecule has 0 saturated carbocycles. The summed E-state index contributed by atoms with van der Waals surface area (Å²) in [7, 11) is 0. The molecule has 0 amide bonds. The van der Waals surface area contributed by atoms with Gasteiger partial charge in [-0.15, -0.1) is 10.2 Å². The molecular formula is C17H14FN5O2S. The number of benzene rings is 1. The zero-order valence-corrected chi connectivity index (χ0v) is 14.5. The van der Waals surface area contributed by atoms with E-state index in [1.165, 1.54) is 28.6 Å². The topological polar surface area (TPSA) is 95.9 Å². The number of nitrogens with two attached hydrogens (primary N) is 1. The fourth-order valence-corrected chi connectivity index (χ4v) is 3.15. The van der Waals surface area contributed by atoms with Gasteiger partial charge in [-0.3, -0.25) is 0 Å². The van der Waals surface area contributed by atoms with Gasteiger partial charge in [0, 0.05) is 11.3 Å². The Balaban J connectivity index is 1.48. The lowest BCUT2D eigenvalue weighted by Crippen LogP contribution is -2.11. The summed E-state index contributed by atoms with van der Waals surface area (Å²) < 4.78 is 25.1. The number of hydrogen-bond donors (Lipinski definition) is 1. The lowest BCUT2D eigenvalue weighted by atomic mass is 10.2. The second-order valence-electron chi connectivity index (χ2n) is 5.51. The van der Waals surface area contributed by atoms with Gasteiger partial charge in [0.05, 0.1) is 17.5 Å². The highest BCUT2D eigenvalue weighted by Gasteiger charge is 2.16. The van der Waals surface area contributed by atoms with Crippen molar-refractivity contribution in [1.82, 2.24) is 19.9 Å². The first-order valence-corrected chi connectivity index (χ1v) is 8.68. The smallest absolute Gasteiger partial charge is 0.226 e. The molecule has 7 nitrogen and oxygen atoms in total. The number of halogens is 1. The molecule has 3 heterocycles. The van der Waals surface area contributed by atoms with Gasteiger partial charge in [0.2, 0.25) is 11.0 Å². The second-order valence-corrected chi connectivity index (χ2v) is 6.45. The van der Waals surface area contributed by atoms with Crippen LogP contribution in [-0.2, 0) is 5.75 Å². The first kappa shape index (κ1) is 16.4. The number of aromatic nitrogens is 4. The van der Waals surface area contributed by atoms with Crippen LogP contribution in [0.3, 0.4) is 0 Å². The number of oxazole rings is 1. The molecule has 26 heavy (non-hydrogen) atoms. The molecule has 132 valence electrons. The van der Waals surface area contributed by atoms with Gasteiger partial charge in [-0.1, -0.05) is 11.8 Å². The van der Waals surface area contributed by atoms with Gasteiger partial charge < -0.3 is 14.7 Å². The summed E-state index contributed by atoms with van der Waals surface area (Å²) in [4.78, 5) is 4.40. The number of rotatable bonds is 5. The molecule has 0 bridgehead atoms. The number of hydrogen-bond acceptors (Lipinski definition) is 7. The predicted molar refractivity (Wildman–Crippen MR) is 94.1 cm³/mol. The molecule has 4 rings (SSSR count). The van der Waals surface area contributed by atoms with E-state index in [2.05, 4.69) is 15.2 Å². The van der Waals surface area contributed by atoms with Crippen LogP contribution < -0.4 is 5.84 Å². The predicted octanol–water partition coefficient (Wildman–Crippen LogP) is 3.65. The molecule has 3 aromatic heterocycles. The van der Waals surface area contributed by atoms with Gasteiger partial charge in [-0.25, -0.2) is 14.1 Å². The quantitative estimate of drug-likeness (QED) is 0.422. The third kappa shape index (κ3) is 3.08. The summed E-state index contributed by atoms with van der Waals surface area (Å²) in [6.45, 7) is 1.84. The van der Waals surface area contributed by atoms with Gasteiger partial charge in [0.1, 0.15) is 17.8 Å². The number of nitrogens with zero attached hydrogens (tertiary/aromatic N) is 4. The van der Waals surface area contributed by atoms with E-state index in [-0.39, 0.29) is 5.82 Å². The van der Waals surface area contributed by atoms with E-state index in [0.717, 1.165) is 17.0 Å². The van der Waals surface area contributed by atoms with Crippen LogP contribution in [0.1, 0.15) is 11.5 Å². The normalized spacial score (nSPS) is 11.2. The minimum absolute atomic E-state index is 0.304. The molecule has 0 aliphatic carbocycles. The van der Waals surface area contributed by atoms with Gasteiger partial charge in [0.25, 0.3) is 0 Å². The highest BCUT2D eigenvalue weighted by Crippen LogP contribution is 2.27. The number of furan rings is 1. The minimum atomic E-state index is -0.304. The van der Waals surface area contributed by atoms with Crippen molar-refractivity contribution in [2.75, 3.05) is 5.84 Å². The van der Waals surface area contributed by atoms with Crippen molar-refractivity contribution >= 4 is 11.8 Å². The number of thioether (sulfide) groups is 1. The van der Waals surface area contributed by atoms with Gasteiger partial charge >= 0.3 is 0 Å². The Bertz CT molecular complexity index is 1040. The standard InChI is InChI=1S/C17H14FN5O2S/c1-10-14(6-7-24-10)15-21-22-17(23(15)19)26-9-13-8-25-16(20-13)11-2-4-12(18)5-3-11/h2-8H,9,19H2,1H3. The van der Waals surface area contributed by atoms with E-state index in [1.807, 2.05) is 6.92 Å². The lowest BCUT2D eigenvalue weighted by molar-refractivity contribution is 0.535. The zero-order valence-electron chi connectivity index (χ0n) is 13.7. The van der Waals surface area contributed by atoms with Crippen molar-refractivity contribution in [3.63, 3.8) is 0 Å². The minimum Gasteiger partial charge on any atom is -0.469 e. The molecule has 0 unspecified atom stereocenters. The van der Waals surface area contributed by atoms with Crippen molar-refractivity contribution in [2.24, 2.45) is 0 Å². The van der Waals surface area contributed by atoms with Crippen LogP contribution in [-0.4, -0.2) is 19.9 Å². The maximum Gasteiger partial charge on any atom is 0.226 e. The van der Waals surface area contributed by atoms with E-state index in [4.69, 9.17) is 14.7 Å². The highest BCUT2D eigenvalue weighted by atomic mass is 32.2. The Labute approximate surface area is 152 Å². The van der Waals surface area contributed by atoms with Crippen LogP contribution in [0.25, 0.3) is 22.8 Å². The SMILES string of the molecule is Cc1occc1-c1nnc(SCc2coc(-c3ccc(F)cc3)n2)n1N. The third-order valence-electron chi connectivity index (χ3n) is 3.76. The van der Waals surface area contributed by atoms with Crippen LogP contribution in [0.5, 0.6) is 0 Å². The van der Waals surface area contributed by atoms with Crippen LogP contribution in [0.4, 0.5) is 4.39 Å². The summed E-state index contributed by atoms with van der Waals surface area (Å²) in [6, 6.07) is 7.76. The Morgan fingerprint density at radius 1 is 1.15 bits per heavy atom. The maximum atomic E-state index is 13.0. The maximum absolute atomic E-state index is 13.0. The molecule has 0 spiro atoms. The molecule has 2 N–H and O–H groups in total. The molecule has 0 aliphatic heterocycles. The first-order chi connectivity index (χ1) is 12.6. The molecule has 0 radical (unpaired) electrons. The molecule has 9 heteroatoms. The number of aryl methyl sites for hydroxylation is 1. The molecule has 0 atom stereocenters. The van der Waals surface area contributed by atoms with Crippen molar-refractivity contribution in [1.29, 1.82) is 0 Å². The zero-order chi connectivity index (χ0) is 18.1. The van der Waals surface area contributed by atoms with E-state index >= 15 is 0 Å². The summed E-state index contributed by atoms with van der Waals surface area (Å²) in [5.41, 5.74) is 2.23. The Hall–Kier alpha value is -3.07. The van der Waals surface area contributed by atoms with E-state index < -0.39 is 0 Å². The molecule has 1 aromatic carbocycles. The Morgan fingerprint density at radius 2 is 1.96 bits per heavy atom. The number of nitrogen functional groups attached to an aromatic ring is 1. The summed E-state index contributed by atoms with van der Waals surface area (Å²) >= 11 is 1.39. The fourth-order valence-electron chi connectivity index (χ4n) is 2.41. The van der Waals surface area contributed by atoms with E-state index in [9.17, 15) is 4.39 Å². The van der Waals surface area contributed by atoms with Crippen LogP contribution in [0.2, 0.25) is 0 Å². The van der Waals surface area contributed by atoms with Gasteiger partial charge in [0.15, 0.2) is 5.82 Å². The first-order valence-electron chi connectivity index (χ1n) is 7.70. The summed E-state index contributed by atoms with van der Waals surface area (Å²) in [5.74, 6) is 7.98. The summed E-state index contributed by atoms with van der Waals surface area (Å²) in [5, 5.41) is 8.78. The largest absolute Gasteiger partial charge is 0.469 e. The molecule has 4 aromatic rings. The van der Waals surface area contributed by atoms with Crippen molar-refractivity contribution in [3.8, 4) is 22.8 Å². The molecule has 0 saturated heterocycles. The van der Waals surface area contributed by atoms with Crippen molar-refractivity contribution in [2.45, 2.75) is 17.8 Å². The third-order valence-corrected chi connectivity index (χ3v) is 4.73. The fraction of sp³-hybridized carbons (Fsp3) is 0.118. The van der Waals surface area contributed by atoms with E-state index in [0.29, 0.717) is 28.2 Å². The van der Waals surface area contributed by atoms with Crippen LogP contribution in [0.15, 0.2) is 56.8 Å². The Morgan fingerprint density at radius 3 is 2.69 bits per heavy atom. The lowest BCUT2D eigenvalue weighted by Gasteiger charge is -2.01. The molecule has 0 fully saturated rings. The van der Waals surface area contributed by atoms with Gasteiger partial charge in [-0.05, 0) is 37.3 Å². The van der Waals surface area contributed by atoms with Gasteiger partial charge in [-0.2, -0.15) is 0 Å². The highest BCUT2D eigenvalue weighted by molar-refractivity contribution is 7.98. The van der Waals surface area contributed by atoms with Crippen molar-refractivity contribution in [3.05, 3.63) is 60.1 Å². The van der Waals surface area contributed by atoms with E-state index in [1.54, 1.807) is 30.7 Å². The average molecular weight is 371 g/mol. The van der Waals surface area contributed by atoms with Crippen molar-refractivity contribution < 1.29 is 13.2 Å². The Kier molecular flexibility index (Phi) is 4.21. The molecule has 0 aliphatic rings. The average Bonchev–Trinajstić information content (AvgIpc) is 3.35. The summed E-state index contributed by atoms with van der Waals surface area (Å²) in [6.07, 6.45) is 3.14. The van der Waals surface area contributed by atoms with Crippen LogP contribution in [0, 0.1) is 12.7 Å². The molecular weight excluding hydrogens is 357 g/mol.